The summed E-state index contributed by atoms with van der Waals surface area (Å²) in [4.78, 5) is 7.00. The molecule has 0 radical (unpaired) electrons. The number of pyridine rings is 1. The molecule has 1 saturated heterocycles. The first-order valence-electron chi connectivity index (χ1n) is 8.33. The Kier molecular flexibility index (Phi) is 3.69. The van der Waals surface area contributed by atoms with Crippen LogP contribution in [0.3, 0.4) is 0 Å². The molecule has 0 saturated carbocycles. The van der Waals surface area contributed by atoms with E-state index < -0.39 is 0 Å². The lowest BCUT2D eigenvalue weighted by atomic mass is 10.0. The minimum atomic E-state index is 0.466. The first-order chi connectivity index (χ1) is 11.3. The number of aryl methyl sites for hydroxylation is 1. The van der Waals surface area contributed by atoms with E-state index in [-0.39, 0.29) is 0 Å². The molecule has 3 aromatic rings. The van der Waals surface area contributed by atoms with E-state index in [1.54, 1.807) is 6.20 Å². The summed E-state index contributed by atoms with van der Waals surface area (Å²) in [5.41, 5.74) is 3.75. The maximum absolute atomic E-state index is 4.52. The molecule has 0 N–H and O–H groups in total. The van der Waals surface area contributed by atoms with Gasteiger partial charge in [0.1, 0.15) is 0 Å². The number of anilines is 1. The van der Waals surface area contributed by atoms with Gasteiger partial charge in [-0.05, 0) is 43.0 Å². The van der Waals surface area contributed by atoms with Crippen LogP contribution in [0.4, 0.5) is 5.69 Å². The summed E-state index contributed by atoms with van der Waals surface area (Å²) in [6, 6.07) is 9.22. The third kappa shape index (κ3) is 2.67. The zero-order chi connectivity index (χ0) is 15.6. The van der Waals surface area contributed by atoms with Gasteiger partial charge in [0.25, 0.3) is 0 Å². The maximum atomic E-state index is 4.52. The third-order valence-electron chi connectivity index (χ3n) is 4.81. The van der Waals surface area contributed by atoms with E-state index in [9.17, 15) is 0 Å². The summed E-state index contributed by atoms with van der Waals surface area (Å²) < 4.78 is 2.00. The van der Waals surface area contributed by atoms with Crippen LogP contribution in [0.5, 0.6) is 0 Å². The Balaban J connectivity index is 1.60. The maximum Gasteiger partial charge on any atom is 0.0722 e. The van der Waals surface area contributed by atoms with Crippen LogP contribution in [0.15, 0.2) is 42.9 Å². The average Bonchev–Trinajstić information content (AvgIpc) is 3.15. The van der Waals surface area contributed by atoms with E-state index in [4.69, 9.17) is 0 Å². The fraction of sp³-hybridized carbons (Fsp3) is 0.389. The van der Waals surface area contributed by atoms with Crippen LogP contribution in [0.1, 0.15) is 31.4 Å². The lowest BCUT2D eigenvalue weighted by Gasteiger charge is -2.34. The second-order valence-electron chi connectivity index (χ2n) is 6.14. The fourth-order valence-corrected chi connectivity index (χ4v) is 3.46. The van der Waals surface area contributed by atoms with E-state index in [0.717, 1.165) is 37.9 Å². The monoisotopic (exact) mass is 307 g/mol. The van der Waals surface area contributed by atoms with Crippen LogP contribution >= 0.6 is 0 Å². The summed E-state index contributed by atoms with van der Waals surface area (Å²) >= 11 is 0. The highest BCUT2D eigenvalue weighted by Crippen LogP contribution is 2.31. The molecule has 1 aliphatic heterocycles. The van der Waals surface area contributed by atoms with Crippen molar-refractivity contribution in [3.63, 3.8) is 0 Å². The SMILES string of the molecule is CCc1ccc2nccc(N3CCC(n4ccnn4)CC3)c2c1. The standard InChI is InChI=1S/C18H21N5/c1-2-14-3-4-17-16(13-14)18(5-8-19-17)22-10-6-15(7-11-22)23-12-9-20-21-23/h3-5,8-9,12-13,15H,2,6-7,10-11H2,1H3. The van der Waals surface area contributed by atoms with E-state index in [0.29, 0.717) is 6.04 Å². The van der Waals surface area contributed by atoms with Crippen LogP contribution in [0.25, 0.3) is 10.9 Å². The third-order valence-corrected chi connectivity index (χ3v) is 4.81. The molecule has 5 nitrogen and oxygen atoms in total. The first-order valence-corrected chi connectivity index (χ1v) is 8.33. The van der Waals surface area contributed by atoms with Crippen molar-refractivity contribution in [1.29, 1.82) is 0 Å². The van der Waals surface area contributed by atoms with Gasteiger partial charge < -0.3 is 4.90 Å². The minimum Gasteiger partial charge on any atom is -0.371 e. The highest BCUT2D eigenvalue weighted by Gasteiger charge is 2.22. The van der Waals surface area contributed by atoms with Crippen molar-refractivity contribution in [2.24, 2.45) is 0 Å². The van der Waals surface area contributed by atoms with Crippen LogP contribution < -0.4 is 4.90 Å². The smallest absolute Gasteiger partial charge is 0.0722 e. The molecular formula is C18H21N5. The number of aromatic nitrogens is 4. The van der Waals surface area contributed by atoms with Gasteiger partial charge in [-0.25, -0.2) is 4.68 Å². The van der Waals surface area contributed by atoms with Gasteiger partial charge in [-0.2, -0.15) is 0 Å². The molecule has 3 heterocycles. The number of benzene rings is 1. The van der Waals surface area contributed by atoms with Crippen LogP contribution in [-0.4, -0.2) is 33.1 Å². The lowest BCUT2D eigenvalue weighted by Crippen LogP contribution is -2.35. The molecule has 4 rings (SSSR count). The van der Waals surface area contributed by atoms with Gasteiger partial charge in [-0.3, -0.25) is 4.98 Å². The second kappa shape index (κ2) is 5.99. The zero-order valence-corrected chi connectivity index (χ0v) is 13.4. The summed E-state index contributed by atoms with van der Waals surface area (Å²) in [7, 11) is 0. The number of nitrogens with zero attached hydrogens (tertiary/aromatic N) is 5. The molecule has 118 valence electrons. The van der Waals surface area contributed by atoms with Crippen molar-refractivity contribution in [3.8, 4) is 0 Å². The lowest BCUT2D eigenvalue weighted by molar-refractivity contribution is 0.360. The Hall–Kier alpha value is -2.43. The minimum absolute atomic E-state index is 0.466. The number of piperidine rings is 1. The number of hydrogen-bond donors (Lipinski definition) is 0. The van der Waals surface area contributed by atoms with Crippen LogP contribution in [0, 0.1) is 0 Å². The fourth-order valence-electron chi connectivity index (χ4n) is 3.46. The van der Waals surface area contributed by atoms with Gasteiger partial charge in [0.2, 0.25) is 0 Å². The second-order valence-corrected chi connectivity index (χ2v) is 6.14. The molecular weight excluding hydrogens is 286 g/mol. The number of rotatable bonds is 3. The van der Waals surface area contributed by atoms with E-state index in [1.165, 1.54) is 16.6 Å². The summed E-state index contributed by atoms with van der Waals surface area (Å²) in [6.07, 6.45) is 8.90. The van der Waals surface area contributed by atoms with E-state index >= 15 is 0 Å². The van der Waals surface area contributed by atoms with Crippen molar-refractivity contribution in [1.82, 2.24) is 20.0 Å². The van der Waals surface area contributed by atoms with Crippen molar-refractivity contribution in [2.75, 3.05) is 18.0 Å². The molecule has 1 aromatic carbocycles. The first kappa shape index (κ1) is 14.2. The van der Waals surface area contributed by atoms with E-state index in [2.05, 4.69) is 51.4 Å². The molecule has 0 unspecified atom stereocenters. The van der Waals surface area contributed by atoms with Gasteiger partial charge in [-0.1, -0.05) is 18.2 Å². The summed E-state index contributed by atoms with van der Waals surface area (Å²) in [6.45, 7) is 4.28. The van der Waals surface area contributed by atoms with Gasteiger partial charge >= 0.3 is 0 Å². The van der Waals surface area contributed by atoms with Crippen LogP contribution in [0.2, 0.25) is 0 Å². The Morgan fingerprint density at radius 2 is 2.00 bits per heavy atom. The van der Waals surface area contributed by atoms with Crippen molar-refractivity contribution >= 4 is 16.6 Å². The Morgan fingerprint density at radius 1 is 1.13 bits per heavy atom. The zero-order valence-electron chi connectivity index (χ0n) is 13.4. The molecule has 2 aromatic heterocycles. The molecule has 1 fully saturated rings. The quantitative estimate of drug-likeness (QED) is 0.745. The molecule has 1 aliphatic rings. The van der Waals surface area contributed by atoms with Gasteiger partial charge in [-0.15, -0.1) is 5.10 Å². The molecule has 0 spiro atoms. The molecule has 0 amide bonds. The predicted molar refractivity (Wildman–Crippen MR) is 91.6 cm³/mol. The Morgan fingerprint density at radius 3 is 2.74 bits per heavy atom. The predicted octanol–water partition coefficient (Wildman–Crippen LogP) is 3.23. The highest BCUT2D eigenvalue weighted by molar-refractivity contribution is 5.92. The highest BCUT2D eigenvalue weighted by atomic mass is 15.4. The van der Waals surface area contributed by atoms with Gasteiger partial charge in [0.15, 0.2) is 0 Å². The molecule has 0 atom stereocenters. The Labute approximate surface area is 135 Å². The topological polar surface area (TPSA) is 46.8 Å². The Bertz CT molecular complexity index is 788. The molecule has 5 heteroatoms. The number of hydrogen-bond acceptors (Lipinski definition) is 4. The van der Waals surface area contributed by atoms with Gasteiger partial charge in [0, 0.05) is 36.6 Å². The average molecular weight is 307 g/mol. The molecule has 0 aliphatic carbocycles. The van der Waals surface area contributed by atoms with E-state index in [1.807, 2.05) is 17.1 Å². The number of fused-ring (bicyclic) bond motifs is 1. The van der Waals surface area contributed by atoms with Crippen molar-refractivity contribution in [2.45, 2.75) is 32.2 Å². The van der Waals surface area contributed by atoms with Crippen molar-refractivity contribution < 1.29 is 0 Å². The summed E-state index contributed by atoms with van der Waals surface area (Å²) in [5.74, 6) is 0. The summed E-state index contributed by atoms with van der Waals surface area (Å²) in [5, 5.41) is 9.34. The van der Waals surface area contributed by atoms with Gasteiger partial charge in [0.05, 0.1) is 17.8 Å². The van der Waals surface area contributed by atoms with Crippen LogP contribution in [-0.2, 0) is 6.42 Å². The normalized spacial score (nSPS) is 16.1. The van der Waals surface area contributed by atoms with Crippen molar-refractivity contribution in [3.05, 3.63) is 48.4 Å². The molecule has 0 bridgehead atoms. The molecule has 23 heavy (non-hydrogen) atoms. The largest absolute Gasteiger partial charge is 0.371 e.